The van der Waals surface area contributed by atoms with Crippen molar-refractivity contribution in [3.8, 4) is 11.3 Å². The average molecular weight is 459 g/mol. The molecule has 3 aromatic rings. The Morgan fingerprint density at radius 1 is 1.09 bits per heavy atom. The molecular weight excluding hydrogens is 438 g/mol. The zero-order chi connectivity index (χ0) is 24.2. The highest BCUT2D eigenvalue weighted by Crippen LogP contribution is 2.25. The third-order valence-electron chi connectivity index (χ3n) is 5.07. The molecule has 1 aliphatic heterocycles. The van der Waals surface area contributed by atoms with Crippen LogP contribution in [-0.2, 0) is 14.3 Å². The monoisotopic (exact) mass is 459 g/mol. The van der Waals surface area contributed by atoms with Gasteiger partial charge in [0, 0.05) is 17.3 Å². The van der Waals surface area contributed by atoms with E-state index >= 15 is 0 Å². The molecule has 4 rings (SSSR count). The number of carbonyl (C=O) groups excluding carboxylic acids is 4. The highest BCUT2D eigenvalue weighted by atomic mass is 16.5. The molecule has 0 aliphatic carbocycles. The van der Waals surface area contributed by atoms with Crippen LogP contribution in [0.5, 0.6) is 0 Å². The molecule has 2 N–H and O–H groups in total. The third-order valence-corrected chi connectivity index (χ3v) is 5.07. The van der Waals surface area contributed by atoms with Crippen molar-refractivity contribution >= 4 is 35.6 Å². The molecule has 1 saturated heterocycles. The normalized spacial score (nSPS) is 14.3. The maximum atomic E-state index is 12.7. The van der Waals surface area contributed by atoms with Gasteiger partial charge < -0.3 is 19.8 Å². The van der Waals surface area contributed by atoms with Crippen molar-refractivity contribution in [1.82, 2.24) is 10.2 Å². The van der Waals surface area contributed by atoms with Crippen molar-refractivity contribution in [2.24, 2.45) is 0 Å². The van der Waals surface area contributed by atoms with Crippen molar-refractivity contribution < 1.29 is 28.3 Å². The number of rotatable bonds is 6. The van der Waals surface area contributed by atoms with E-state index in [0.717, 1.165) is 10.5 Å². The standard InChI is InChI=1S/C25H21N3O6/c1-15-4-3-5-18(12-15)26-22(29)14-28-23(30)20(27-25(28)32)13-19-10-11-21(34-19)16-6-8-17(9-7-16)24(31)33-2/h3-13H,14H2,1-2H3,(H,26,29)(H,27,32)/b20-13+. The number of esters is 1. The molecule has 0 atom stereocenters. The van der Waals surface area contributed by atoms with Gasteiger partial charge in [-0.05, 0) is 48.9 Å². The summed E-state index contributed by atoms with van der Waals surface area (Å²) in [5.74, 6) is -0.726. The number of nitrogens with one attached hydrogen (secondary N) is 2. The van der Waals surface area contributed by atoms with Crippen molar-refractivity contribution in [3.63, 3.8) is 0 Å². The Labute approximate surface area is 195 Å². The number of anilines is 1. The number of carbonyl (C=O) groups is 4. The lowest BCUT2D eigenvalue weighted by molar-refractivity contribution is -0.127. The van der Waals surface area contributed by atoms with Crippen LogP contribution in [0.1, 0.15) is 21.7 Å². The fraction of sp³-hybridized carbons (Fsp3) is 0.120. The number of hydrogen-bond acceptors (Lipinski definition) is 6. The highest BCUT2D eigenvalue weighted by Gasteiger charge is 2.35. The fourth-order valence-corrected chi connectivity index (χ4v) is 3.40. The van der Waals surface area contributed by atoms with E-state index < -0.39 is 30.4 Å². The summed E-state index contributed by atoms with van der Waals surface area (Å²) in [6.07, 6.45) is 1.39. The molecule has 172 valence electrons. The van der Waals surface area contributed by atoms with Gasteiger partial charge in [-0.25, -0.2) is 14.5 Å². The number of imide groups is 1. The molecule has 4 amide bonds. The zero-order valence-corrected chi connectivity index (χ0v) is 18.5. The second-order valence-electron chi connectivity index (χ2n) is 7.57. The molecule has 0 saturated carbocycles. The number of hydrogen-bond donors (Lipinski definition) is 2. The van der Waals surface area contributed by atoms with E-state index in [1.165, 1.54) is 13.2 Å². The first kappa shape index (κ1) is 22.5. The first-order valence-corrected chi connectivity index (χ1v) is 10.3. The summed E-state index contributed by atoms with van der Waals surface area (Å²) in [5.41, 5.74) is 2.67. The van der Waals surface area contributed by atoms with Gasteiger partial charge >= 0.3 is 12.0 Å². The minimum Gasteiger partial charge on any atom is -0.465 e. The molecule has 2 aromatic carbocycles. The minimum atomic E-state index is -0.694. The van der Waals surface area contributed by atoms with Gasteiger partial charge in [-0.3, -0.25) is 9.59 Å². The molecule has 0 unspecified atom stereocenters. The van der Waals surface area contributed by atoms with Crippen molar-refractivity contribution in [2.75, 3.05) is 19.0 Å². The summed E-state index contributed by atoms with van der Waals surface area (Å²) in [5, 5.41) is 5.13. The van der Waals surface area contributed by atoms with Gasteiger partial charge in [0.15, 0.2) is 0 Å². The Morgan fingerprint density at radius 2 is 1.85 bits per heavy atom. The molecule has 0 radical (unpaired) electrons. The van der Waals surface area contributed by atoms with Gasteiger partial charge in [-0.2, -0.15) is 0 Å². The topological polar surface area (TPSA) is 118 Å². The zero-order valence-electron chi connectivity index (χ0n) is 18.5. The SMILES string of the molecule is COC(=O)c1ccc(-c2ccc(/C=C3/NC(=O)N(CC(=O)Nc4cccc(C)c4)C3=O)o2)cc1. The number of urea groups is 1. The Bertz CT molecular complexity index is 1310. The lowest BCUT2D eigenvalue weighted by Crippen LogP contribution is -2.38. The molecule has 1 aliphatic rings. The van der Waals surface area contributed by atoms with Gasteiger partial charge in [0.2, 0.25) is 5.91 Å². The summed E-state index contributed by atoms with van der Waals surface area (Å²) in [6, 6.07) is 16.5. The van der Waals surface area contributed by atoms with Crippen LogP contribution >= 0.6 is 0 Å². The predicted molar refractivity (Wildman–Crippen MR) is 124 cm³/mol. The molecule has 9 nitrogen and oxygen atoms in total. The summed E-state index contributed by atoms with van der Waals surface area (Å²) in [4.78, 5) is 49.7. The second-order valence-corrected chi connectivity index (χ2v) is 7.57. The Morgan fingerprint density at radius 3 is 2.56 bits per heavy atom. The van der Waals surface area contributed by atoms with Crippen LogP contribution in [0.15, 0.2) is 70.8 Å². The lowest BCUT2D eigenvalue weighted by atomic mass is 10.1. The average Bonchev–Trinajstić information content (AvgIpc) is 3.39. The molecular formula is C25H21N3O6. The summed E-state index contributed by atoms with van der Waals surface area (Å²) >= 11 is 0. The quantitative estimate of drug-likeness (QED) is 0.331. The summed E-state index contributed by atoms with van der Waals surface area (Å²) < 4.78 is 10.4. The summed E-state index contributed by atoms with van der Waals surface area (Å²) in [6.45, 7) is 1.47. The molecule has 1 fully saturated rings. The van der Waals surface area contributed by atoms with Gasteiger partial charge in [0.25, 0.3) is 5.91 Å². The van der Waals surface area contributed by atoms with Crippen molar-refractivity contribution in [3.05, 3.63) is 83.2 Å². The van der Waals surface area contributed by atoms with Crippen LogP contribution in [0.2, 0.25) is 0 Å². The van der Waals surface area contributed by atoms with E-state index in [1.54, 1.807) is 54.6 Å². The number of amides is 4. The largest absolute Gasteiger partial charge is 0.465 e. The van der Waals surface area contributed by atoms with Crippen LogP contribution in [0.4, 0.5) is 10.5 Å². The van der Waals surface area contributed by atoms with Gasteiger partial charge in [0.05, 0.1) is 12.7 Å². The van der Waals surface area contributed by atoms with Gasteiger partial charge in [-0.15, -0.1) is 0 Å². The van der Waals surface area contributed by atoms with Gasteiger partial charge in [-0.1, -0.05) is 24.3 Å². The first-order valence-electron chi connectivity index (χ1n) is 10.3. The smallest absolute Gasteiger partial charge is 0.337 e. The first-order chi connectivity index (χ1) is 16.3. The van der Waals surface area contributed by atoms with E-state index in [9.17, 15) is 19.2 Å². The van der Waals surface area contributed by atoms with Gasteiger partial charge in [0.1, 0.15) is 23.8 Å². The summed E-state index contributed by atoms with van der Waals surface area (Å²) in [7, 11) is 1.31. The van der Waals surface area contributed by atoms with Crippen molar-refractivity contribution in [2.45, 2.75) is 6.92 Å². The predicted octanol–water partition coefficient (Wildman–Crippen LogP) is 3.57. The molecule has 0 spiro atoms. The van der Waals surface area contributed by atoms with E-state index in [2.05, 4.69) is 15.4 Å². The number of aryl methyl sites for hydroxylation is 1. The van der Waals surface area contributed by atoms with Crippen LogP contribution in [0.3, 0.4) is 0 Å². The lowest BCUT2D eigenvalue weighted by Gasteiger charge is -2.12. The van der Waals surface area contributed by atoms with E-state index in [1.807, 2.05) is 13.0 Å². The molecule has 2 heterocycles. The van der Waals surface area contributed by atoms with Crippen LogP contribution in [0, 0.1) is 6.92 Å². The highest BCUT2D eigenvalue weighted by molar-refractivity contribution is 6.15. The fourth-order valence-electron chi connectivity index (χ4n) is 3.40. The number of ether oxygens (including phenoxy) is 1. The molecule has 0 bridgehead atoms. The van der Waals surface area contributed by atoms with Crippen LogP contribution in [-0.4, -0.2) is 42.4 Å². The van der Waals surface area contributed by atoms with Crippen LogP contribution < -0.4 is 10.6 Å². The molecule has 1 aromatic heterocycles. The molecule has 34 heavy (non-hydrogen) atoms. The molecule has 9 heteroatoms. The third kappa shape index (κ3) is 4.88. The Hall–Kier alpha value is -4.66. The number of nitrogens with zero attached hydrogens (tertiary/aromatic N) is 1. The Kier molecular flexibility index (Phi) is 6.26. The minimum absolute atomic E-state index is 0.00436. The van der Waals surface area contributed by atoms with E-state index in [4.69, 9.17) is 4.42 Å². The van der Waals surface area contributed by atoms with Crippen LogP contribution in [0.25, 0.3) is 17.4 Å². The Balaban J connectivity index is 1.43. The number of furan rings is 1. The van der Waals surface area contributed by atoms with E-state index in [-0.39, 0.29) is 5.70 Å². The number of benzene rings is 2. The second kappa shape index (κ2) is 9.45. The number of methoxy groups -OCH3 is 1. The maximum Gasteiger partial charge on any atom is 0.337 e. The van der Waals surface area contributed by atoms with Crippen molar-refractivity contribution in [1.29, 1.82) is 0 Å². The maximum absolute atomic E-state index is 12.7. The van der Waals surface area contributed by atoms with E-state index in [0.29, 0.717) is 28.3 Å².